The molecule has 0 spiro atoms. The van der Waals surface area contributed by atoms with Crippen molar-refractivity contribution in [3.8, 4) is 0 Å². The highest BCUT2D eigenvalue weighted by molar-refractivity contribution is 9.10. The summed E-state index contributed by atoms with van der Waals surface area (Å²) in [5.41, 5.74) is 1.74. The third kappa shape index (κ3) is 5.15. The highest BCUT2D eigenvalue weighted by Gasteiger charge is 2.20. The van der Waals surface area contributed by atoms with Crippen molar-refractivity contribution < 1.29 is 4.79 Å². The standard InChI is InChI=1S/C23H25BrN4O2/c24-19-8-9-21-20(11-19)23(30)28(16-26-21)15-22(29)25-12-18-7-4-10-27(14-18)13-17-5-2-1-3-6-17/h1-3,5-6,8-9,11,16,18H,4,7,10,12-15H2,(H,25,29). The number of hydrogen-bond donors (Lipinski definition) is 1. The fraction of sp³-hybridized carbons (Fsp3) is 0.348. The molecular formula is C23H25BrN4O2. The molecule has 0 saturated carbocycles. The minimum absolute atomic E-state index is 0.0191. The van der Waals surface area contributed by atoms with Crippen LogP contribution < -0.4 is 10.9 Å². The average molecular weight is 469 g/mol. The number of carbonyl (C=O) groups excluding carboxylic acids is 1. The Morgan fingerprint density at radius 2 is 2.03 bits per heavy atom. The Labute approximate surface area is 184 Å². The number of benzene rings is 2. The van der Waals surface area contributed by atoms with Gasteiger partial charge in [0.25, 0.3) is 5.56 Å². The maximum absolute atomic E-state index is 12.7. The first-order valence-corrected chi connectivity index (χ1v) is 11.1. The predicted molar refractivity (Wildman–Crippen MR) is 121 cm³/mol. The van der Waals surface area contributed by atoms with Crippen LogP contribution >= 0.6 is 15.9 Å². The first-order chi connectivity index (χ1) is 14.6. The van der Waals surface area contributed by atoms with Gasteiger partial charge in [0, 0.05) is 24.1 Å². The third-order valence-electron chi connectivity index (χ3n) is 5.54. The molecule has 1 N–H and O–H groups in total. The number of likely N-dealkylation sites (tertiary alicyclic amines) is 1. The summed E-state index contributed by atoms with van der Waals surface area (Å²) in [5.74, 6) is 0.266. The summed E-state index contributed by atoms with van der Waals surface area (Å²) in [6, 6.07) is 15.8. The van der Waals surface area contributed by atoms with Gasteiger partial charge in [-0.15, -0.1) is 0 Å². The molecule has 2 aromatic carbocycles. The summed E-state index contributed by atoms with van der Waals surface area (Å²) in [6.45, 7) is 3.62. The number of aromatic nitrogens is 2. The molecule has 156 valence electrons. The monoisotopic (exact) mass is 468 g/mol. The molecule has 0 aliphatic carbocycles. The second kappa shape index (κ2) is 9.53. The number of carbonyl (C=O) groups is 1. The fourth-order valence-corrected chi connectivity index (χ4v) is 4.38. The van der Waals surface area contributed by atoms with Crippen LogP contribution in [0.5, 0.6) is 0 Å². The number of amides is 1. The average Bonchev–Trinajstić information content (AvgIpc) is 2.76. The second-order valence-corrected chi connectivity index (χ2v) is 8.79. The van der Waals surface area contributed by atoms with Crippen molar-refractivity contribution in [1.29, 1.82) is 0 Å². The van der Waals surface area contributed by atoms with E-state index in [0.717, 1.165) is 36.9 Å². The Morgan fingerprint density at radius 1 is 1.20 bits per heavy atom. The van der Waals surface area contributed by atoms with Gasteiger partial charge in [0.05, 0.1) is 17.2 Å². The van der Waals surface area contributed by atoms with E-state index in [1.165, 1.54) is 16.5 Å². The number of hydrogen-bond acceptors (Lipinski definition) is 4. The molecule has 30 heavy (non-hydrogen) atoms. The molecule has 7 heteroatoms. The molecule has 1 atom stereocenters. The molecule has 1 fully saturated rings. The largest absolute Gasteiger partial charge is 0.354 e. The van der Waals surface area contributed by atoms with Gasteiger partial charge < -0.3 is 5.32 Å². The van der Waals surface area contributed by atoms with Gasteiger partial charge in [-0.25, -0.2) is 4.98 Å². The maximum atomic E-state index is 12.7. The van der Waals surface area contributed by atoms with Crippen molar-refractivity contribution in [2.75, 3.05) is 19.6 Å². The highest BCUT2D eigenvalue weighted by atomic mass is 79.9. The van der Waals surface area contributed by atoms with Crippen molar-refractivity contribution >= 4 is 32.7 Å². The van der Waals surface area contributed by atoms with Crippen LogP contribution in [0.2, 0.25) is 0 Å². The van der Waals surface area contributed by atoms with E-state index in [-0.39, 0.29) is 18.0 Å². The first-order valence-electron chi connectivity index (χ1n) is 10.3. The molecule has 1 aliphatic rings. The molecule has 1 aromatic heterocycles. The minimum Gasteiger partial charge on any atom is -0.354 e. The lowest BCUT2D eigenvalue weighted by atomic mass is 9.97. The van der Waals surface area contributed by atoms with Crippen LogP contribution in [-0.4, -0.2) is 40.0 Å². The van der Waals surface area contributed by atoms with Gasteiger partial charge in [-0.1, -0.05) is 46.3 Å². The molecule has 1 saturated heterocycles. The Bertz CT molecular complexity index is 1080. The molecule has 4 rings (SSSR count). The van der Waals surface area contributed by atoms with Crippen LogP contribution in [0.1, 0.15) is 18.4 Å². The second-order valence-electron chi connectivity index (χ2n) is 7.87. The minimum atomic E-state index is -0.205. The van der Waals surface area contributed by atoms with Crippen LogP contribution in [0, 0.1) is 5.92 Å². The van der Waals surface area contributed by atoms with Crippen molar-refractivity contribution in [2.24, 2.45) is 5.92 Å². The molecule has 0 bridgehead atoms. The van der Waals surface area contributed by atoms with Gasteiger partial charge in [-0.3, -0.25) is 19.1 Å². The normalized spacial score (nSPS) is 17.2. The van der Waals surface area contributed by atoms with Crippen molar-refractivity contribution in [3.05, 3.63) is 75.2 Å². The van der Waals surface area contributed by atoms with Gasteiger partial charge in [0.15, 0.2) is 0 Å². The molecule has 1 aliphatic heterocycles. The van der Waals surface area contributed by atoms with Gasteiger partial charge in [-0.2, -0.15) is 0 Å². The number of halogens is 1. The van der Waals surface area contributed by atoms with Crippen LogP contribution in [0.4, 0.5) is 0 Å². The SMILES string of the molecule is O=C(Cn1cnc2ccc(Br)cc2c1=O)NCC1CCCN(Cc2ccccc2)C1. The lowest BCUT2D eigenvalue weighted by Gasteiger charge is -2.32. The van der Waals surface area contributed by atoms with E-state index in [9.17, 15) is 9.59 Å². The van der Waals surface area contributed by atoms with Crippen LogP contribution in [0.15, 0.2) is 64.1 Å². The summed E-state index contributed by atoms with van der Waals surface area (Å²) in [6.07, 6.45) is 3.69. The maximum Gasteiger partial charge on any atom is 0.261 e. The number of rotatable bonds is 6. The topological polar surface area (TPSA) is 67.2 Å². The van der Waals surface area contributed by atoms with E-state index in [1.807, 2.05) is 12.1 Å². The summed E-state index contributed by atoms with van der Waals surface area (Å²) in [7, 11) is 0. The zero-order chi connectivity index (χ0) is 20.9. The summed E-state index contributed by atoms with van der Waals surface area (Å²) >= 11 is 3.38. The molecule has 1 unspecified atom stereocenters. The summed E-state index contributed by atoms with van der Waals surface area (Å²) in [4.78, 5) is 31.9. The fourth-order valence-electron chi connectivity index (χ4n) is 4.02. The number of fused-ring (bicyclic) bond motifs is 1. The smallest absolute Gasteiger partial charge is 0.261 e. The summed E-state index contributed by atoms with van der Waals surface area (Å²) in [5, 5.41) is 3.51. The highest BCUT2D eigenvalue weighted by Crippen LogP contribution is 2.18. The van der Waals surface area contributed by atoms with E-state index >= 15 is 0 Å². The van der Waals surface area contributed by atoms with Crippen LogP contribution in [-0.2, 0) is 17.9 Å². The molecule has 0 radical (unpaired) electrons. The molecule has 3 aromatic rings. The van der Waals surface area contributed by atoms with Crippen molar-refractivity contribution in [1.82, 2.24) is 19.8 Å². The first kappa shape index (κ1) is 20.8. The van der Waals surface area contributed by atoms with Gasteiger partial charge >= 0.3 is 0 Å². The van der Waals surface area contributed by atoms with Gasteiger partial charge in [-0.05, 0) is 49.1 Å². The third-order valence-corrected chi connectivity index (χ3v) is 6.03. The lowest BCUT2D eigenvalue weighted by molar-refractivity contribution is -0.122. The number of piperidine rings is 1. The Kier molecular flexibility index (Phi) is 6.59. The zero-order valence-corrected chi connectivity index (χ0v) is 18.3. The Morgan fingerprint density at radius 3 is 2.87 bits per heavy atom. The zero-order valence-electron chi connectivity index (χ0n) is 16.8. The Hall–Kier alpha value is -2.51. The molecule has 1 amide bonds. The van der Waals surface area contributed by atoms with Gasteiger partial charge in [0.1, 0.15) is 6.54 Å². The van der Waals surface area contributed by atoms with E-state index < -0.39 is 0 Å². The molecule has 2 heterocycles. The van der Waals surface area contributed by atoms with Crippen molar-refractivity contribution in [2.45, 2.75) is 25.9 Å². The van der Waals surface area contributed by atoms with Crippen LogP contribution in [0.25, 0.3) is 10.9 Å². The van der Waals surface area contributed by atoms with Crippen LogP contribution in [0.3, 0.4) is 0 Å². The lowest BCUT2D eigenvalue weighted by Crippen LogP contribution is -2.41. The molecular weight excluding hydrogens is 444 g/mol. The molecule has 6 nitrogen and oxygen atoms in total. The van der Waals surface area contributed by atoms with E-state index in [0.29, 0.717) is 23.4 Å². The van der Waals surface area contributed by atoms with Gasteiger partial charge in [0.2, 0.25) is 5.91 Å². The van der Waals surface area contributed by atoms with E-state index in [4.69, 9.17) is 0 Å². The number of nitrogens with zero attached hydrogens (tertiary/aromatic N) is 3. The predicted octanol–water partition coefficient (Wildman–Crippen LogP) is 3.19. The Balaban J connectivity index is 1.32. The van der Waals surface area contributed by atoms with E-state index in [1.54, 1.807) is 12.1 Å². The number of nitrogens with one attached hydrogen (secondary N) is 1. The summed E-state index contributed by atoms with van der Waals surface area (Å²) < 4.78 is 2.18. The van der Waals surface area contributed by atoms with E-state index in [2.05, 4.69) is 55.4 Å². The van der Waals surface area contributed by atoms with Crippen molar-refractivity contribution in [3.63, 3.8) is 0 Å². The quantitative estimate of drug-likeness (QED) is 0.603.